The van der Waals surface area contributed by atoms with E-state index in [1.807, 2.05) is 6.07 Å². The summed E-state index contributed by atoms with van der Waals surface area (Å²) in [7, 11) is 0. The van der Waals surface area contributed by atoms with Gasteiger partial charge in [0.15, 0.2) is 0 Å². The van der Waals surface area contributed by atoms with E-state index < -0.39 is 0 Å². The van der Waals surface area contributed by atoms with Gasteiger partial charge in [-0.3, -0.25) is 0 Å². The molecule has 2 rings (SSSR count). The van der Waals surface area contributed by atoms with E-state index >= 15 is 0 Å². The first kappa shape index (κ1) is 9.84. The highest BCUT2D eigenvalue weighted by Crippen LogP contribution is 2.36. The van der Waals surface area contributed by atoms with Gasteiger partial charge in [0.2, 0.25) is 0 Å². The molecule has 13 heavy (non-hydrogen) atoms. The number of hydrogen-bond acceptors (Lipinski definition) is 2. The number of alkyl halides is 1. The zero-order valence-corrected chi connectivity index (χ0v) is 10.6. The van der Waals surface area contributed by atoms with Gasteiger partial charge in [-0.05, 0) is 38.3 Å². The van der Waals surface area contributed by atoms with Crippen LogP contribution in [-0.2, 0) is 5.88 Å². The molecule has 0 spiro atoms. The maximum absolute atomic E-state index is 5.81. The molecule has 0 aliphatic rings. The fourth-order valence-electron chi connectivity index (χ4n) is 1.22. The Balaban J connectivity index is 2.81. The molecule has 0 bridgehead atoms. The normalized spacial score (nSPS) is 11.0. The van der Waals surface area contributed by atoms with Crippen molar-refractivity contribution < 1.29 is 0 Å². The number of halogens is 2. The van der Waals surface area contributed by atoms with Crippen LogP contribution in [0.2, 0.25) is 0 Å². The maximum Gasteiger partial charge on any atom is 0.0490 e. The Kier molecular flexibility index (Phi) is 2.88. The van der Waals surface area contributed by atoms with Gasteiger partial charge in [0, 0.05) is 19.9 Å². The molecule has 0 aliphatic carbocycles. The molecule has 1 heterocycles. The van der Waals surface area contributed by atoms with Gasteiger partial charge in [-0.25, -0.2) is 0 Å². The van der Waals surface area contributed by atoms with Gasteiger partial charge in [0.05, 0.1) is 0 Å². The van der Waals surface area contributed by atoms with Crippen LogP contribution in [0.5, 0.6) is 0 Å². The van der Waals surface area contributed by atoms with E-state index in [4.69, 9.17) is 11.6 Å². The van der Waals surface area contributed by atoms with Crippen LogP contribution in [0.1, 0.15) is 5.56 Å². The van der Waals surface area contributed by atoms with Crippen LogP contribution in [0.15, 0.2) is 26.9 Å². The lowest BCUT2D eigenvalue weighted by molar-refractivity contribution is 1.47. The second-order valence-corrected chi connectivity index (χ2v) is 5.12. The number of rotatable bonds is 1. The summed E-state index contributed by atoms with van der Waals surface area (Å²) in [6.07, 6.45) is 0. The molecular weight excluding hydrogens is 288 g/mol. The van der Waals surface area contributed by atoms with Crippen molar-refractivity contribution in [1.82, 2.24) is 0 Å². The van der Waals surface area contributed by atoms with Crippen LogP contribution in [0, 0.1) is 0 Å². The van der Waals surface area contributed by atoms with E-state index in [0.717, 1.165) is 9.37 Å². The second kappa shape index (κ2) is 3.81. The molecule has 0 saturated heterocycles. The van der Waals surface area contributed by atoms with Crippen molar-refractivity contribution in [1.29, 1.82) is 0 Å². The number of thiophene rings is 1. The second-order valence-electron chi connectivity index (χ2n) is 2.67. The Morgan fingerprint density at radius 1 is 1.46 bits per heavy atom. The average Bonchev–Trinajstić information content (AvgIpc) is 2.55. The Labute approximate surface area is 99.4 Å². The van der Waals surface area contributed by atoms with Gasteiger partial charge < -0.3 is 0 Å². The summed E-state index contributed by atoms with van der Waals surface area (Å²) in [4.78, 5) is 0.999. The fraction of sp³-hybridized carbons (Fsp3) is 0.111. The van der Waals surface area contributed by atoms with Crippen molar-refractivity contribution in [2.45, 2.75) is 10.8 Å². The molecule has 0 fully saturated rings. The molecule has 1 aromatic heterocycles. The summed E-state index contributed by atoms with van der Waals surface area (Å²) in [5, 5.41) is 3.30. The topological polar surface area (TPSA) is 0 Å². The first-order valence-electron chi connectivity index (χ1n) is 3.67. The minimum atomic E-state index is 0.564. The number of hydrogen-bond donors (Lipinski definition) is 1. The van der Waals surface area contributed by atoms with Gasteiger partial charge in [-0.15, -0.1) is 35.6 Å². The van der Waals surface area contributed by atoms with Gasteiger partial charge in [-0.1, -0.05) is 6.07 Å². The Hall–Kier alpha value is 0.300. The number of thiol groups is 1. The van der Waals surface area contributed by atoms with Crippen LogP contribution in [0.4, 0.5) is 0 Å². The molecule has 0 saturated carbocycles. The Morgan fingerprint density at radius 2 is 2.23 bits per heavy atom. The van der Waals surface area contributed by atoms with E-state index in [2.05, 4.69) is 40.0 Å². The predicted molar refractivity (Wildman–Crippen MR) is 66.3 cm³/mol. The molecule has 0 N–H and O–H groups in total. The highest BCUT2D eigenvalue weighted by Gasteiger charge is 2.07. The monoisotopic (exact) mass is 292 g/mol. The van der Waals surface area contributed by atoms with Crippen LogP contribution in [0.25, 0.3) is 10.1 Å². The van der Waals surface area contributed by atoms with Crippen LogP contribution >= 0.6 is 51.5 Å². The molecule has 2 aromatic rings. The van der Waals surface area contributed by atoms with Crippen LogP contribution < -0.4 is 0 Å². The van der Waals surface area contributed by atoms with Gasteiger partial charge in [0.1, 0.15) is 0 Å². The molecule has 0 unspecified atom stereocenters. The fourth-order valence-corrected chi connectivity index (χ4v) is 3.36. The standard InChI is InChI=1S/C9H6BrClS2/c10-7-2-1-6-5(3-11)4-13-9(6)8(7)12/h1-2,4,12H,3H2. The zero-order valence-electron chi connectivity index (χ0n) is 6.55. The minimum Gasteiger partial charge on any atom is -0.142 e. The van der Waals surface area contributed by atoms with Gasteiger partial charge in [-0.2, -0.15) is 0 Å². The molecule has 0 radical (unpaired) electrons. The number of benzene rings is 1. The molecule has 1 aromatic carbocycles. The number of fused-ring (bicyclic) bond motifs is 1. The van der Waals surface area contributed by atoms with Crippen molar-refractivity contribution in [2.75, 3.05) is 0 Å². The Morgan fingerprint density at radius 3 is 2.92 bits per heavy atom. The summed E-state index contributed by atoms with van der Waals surface area (Å²) in [6, 6.07) is 4.08. The third kappa shape index (κ3) is 1.63. The summed E-state index contributed by atoms with van der Waals surface area (Å²) < 4.78 is 2.24. The lowest BCUT2D eigenvalue weighted by Gasteiger charge is -1.98. The molecule has 4 heteroatoms. The predicted octanol–water partition coefficient (Wildman–Crippen LogP) is 4.69. The summed E-state index contributed by atoms with van der Waals surface area (Å²) in [6.45, 7) is 0. The van der Waals surface area contributed by atoms with Crippen LogP contribution in [0.3, 0.4) is 0 Å². The molecular formula is C9H6BrClS2. The SMILES string of the molecule is Sc1c(Br)ccc2c(CCl)csc12. The maximum atomic E-state index is 5.81. The van der Waals surface area contributed by atoms with Crippen molar-refractivity contribution in [3.8, 4) is 0 Å². The van der Waals surface area contributed by atoms with Crippen molar-refractivity contribution in [2.24, 2.45) is 0 Å². The molecule has 0 aliphatic heterocycles. The zero-order chi connectivity index (χ0) is 9.42. The molecule has 0 atom stereocenters. The quantitative estimate of drug-likeness (QED) is 0.572. The lowest BCUT2D eigenvalue weighted by Crippen LogP contribution is -1.75. The first-order chi connectivity index (χ1) is 6.24. The minimum absolute atomic E-state index is 0.564. The van der Waals surface area contributed by atoms with E-state index in [0.29, 0.717) is 5.88 Å². The molecule has 68 valence electrons. The third-order valence-corrected chi connectivity index (χ3v) is 4.82. The van der Waals surface area contributed by atoms with E-state index in [1.165, 1.54) is 15.6 Å². The summed E-state index contributed by atoms with van der Waals surface area (Å²) in [5.74, 6) is 0.564. The summed E-state index contributed by atoms with van der Waals surface area (Å²) >= 11 is 15.4. The highest BCUT2D eigenvalue weighted by atomic mass is 79.9. The first-order valence-corrected chi connectivity index (χ1v) is 6.33. The smallest absolute Gasteiger partial charge is 0.0490 e. The molecule has 0 amide bonds. The van der Waals surface area contributed by atoms with E-state index in [1.54, 1.807) is 11.3 Å². The lowest BCUT2D eigenvalue weighted by atomic mass is 10.2. The third-order valence-electron chi connectivity index (χ3n) is 1.89. The Bertz CT molecular complexity index is 450. The van der Waals surface area contributed by atoms with Gasteiger partial charge in [0.25, 0.3) is 0 Å². The highest BCUT2D eigenvalue weighted by molar-refractivity contribution is 9.10. The van der Waals surface area contributed by atoms with Crippen molar-refractivity contribution >= 4 is 61.6 Å². The van der Waals surface area contributed by atoms with Crippen molar-refractivity contribution in [3.63, 3.8) is 0 Å². The van der Waals surface area contributed by atoms with E-state index in [9.17, 15) is 0 Å². The van der Waals surface area contributed by atoms with Crippen molar-refractivity contribution in [3.05, 3.63) is 27.5 Å². The molecule has 0 nitrogen and oxygen atoms in total. The average molecular weight is 294 g/mol. The van der Waals surface area contributed by atoms with Crippen LogP contribution in [-0.4, -0.2) is 0 Å². The van der Waals surface area contributed by atoms with Gasteiger partial charge >= 0.3 is 0 Å². The van der Waals surface area contributed by atoms with E-state index in [-0.39, 0.29) is 0 Å². The largest absolute Gasteiger partial charge is 0.142 e. The summed E-state index contributed by atoms with van der Waals surface area (Å²) in [5.41, 5.74) is 1.18.